The second-order valence-corrected chi connectivity index (χ2v) is 4.57. The first-order valence-electron chi connectivity index (χ1n) is 5.84. The summed E-state index contributed by atoms with van der Waals surface area (Å²) in [6, 6.07) is 0. The number of nitrogens with zero attached hydrogens (tertiary/aromatic N) is 2. The normalized spacial score (nSPS) is 20.3. The highest BCUT2D eigenvalue weighted by atomic mass is 35.5. The van der Waals surface area contributed by atoms with Gasteiger partial charge >= 0.3 is 0 Å². The predicted octanol–water partition coefficient (Wildman–Crippen LogP) is 1.56. The maximum atomic E-state index is 11.8. The second kappa shape index (κ2) is 6.33. The van der Waals surface area contributed by atoms with Crippen LogP contribution in [0.4, 0.5) is 0 Å². The number of carbonyl (C=O) groups is 1. The van der Waals surface area contributed by atoms with Crippen molar-refractivity contribution < 1.29 is 4.79 Å². The van der Waals surface area contributed by atoms with E-state index in [0.717, 1.165) is 39.1 Å². The van der Waals surface area contributed by atoms with Gasteiger partial charge in [0.25, 0.3) is 0 Å². The molecule has 0 aromatic rings. The molecule has 1 aliphatic heterocycles. The molecule has 15 heavy (non-hydrogen) atoms. The van der Waals surface area contributed by atoms with Crippen molar-refractivity contribution in [1.29, 1.82) is 0 Å². The first kappa shape index (κ1) is 12.8. The molecule has 1 atom stereocenters. The minimum Gasteiger partial charge on any atom is -0.339 e. The van der Waals surface area contributed by atoms with E-state index in [-0.39, 0.29) is 11.3 Å². The van der Waals surface area contributed by atoms with Crippen LogP contribution in [-0.4, -0.2) is 53.8 Å². The molecule has 1 heterocycles. The van der Waals surface area contributed by atoms with Crippen molar-refractivity contribution in [3.8, 4) is 0 Å². The lowest BCUT2D eigenvalue weighted by atomic mass is 10.2. The third-order valence-corrected chi connectivity index (χ3v) is 3.35. The van der Waals surface area contributed by atoms with Gasteiger partial charge < -0.3 is 4.90 Å². The van der Waals surface area contributed by atoms with E-state index < -0.39 is 0 Å². The molecule has 88 valence electrons. The maximum Gasteiger partial charge on any atom is 0.240 e. The molecule has 3 nitrogen and oxygen atoms in total. The zero-order valence-corrected chi connectivity index (χ0v) is 10.5. The van der Waals surface area contributed by atoms with E-state index in [4.69, 9.17) is 11.6 Å². The first-order valence-corrected chi connectivity index (χ1v) is 6.27. The van der Waals surface area contributed by atoms with Crippen molar-refractivity contribution in [2.24, 2.45) is 0 Å². The average molecular weight is 233 g/mol. The molecule has 1 rings (SSSR count). The van der Waals surface area contributed by atoms with Crippen molar-refractivity contribution in [3.05, 3.63) is 0 Å². The Balaban J connectivity index is 2.33. The van der Waals surface area contributed by atoms with Gasteiger partial charge in [-0.05, 0) is 19.4 Å². The van der Waals surface area contributed by atoms with E-state index in [1.165, 1.54) is 6.42 Å². The van der Waals surface area contributed by atoms with Gasteiger partial charge in [-0.2, -0.15) is 0 Å². The number of piperazine rings is 1. The Kier molecular flexibility index (Phi) is 5.40. The molecule has 0 aromatic carbocycles. The first-order chi connectivity index (χ1) is 7.19. The molecule has 1 amide bonds. The molecular formula is C11H21ClN2O. The Hall–Kier alpha value is -0.280. The van der Waals surface area contributed by atoms with Gasteiger partial charge in [0.15, 0.2) is 0 Å². The van der Waals surface area contributed by atoms with Crippen molar-refractivity contribution >= 4 is 17.5 Å². The zero-order valence-electron chi connectivity index (χ0n) is 9.71. The van der Waals surface area contributed by atoms with E-state index in [0.29, 0.717) is 0 Å². The fraction of sp³-hybridized carbons (Fsp3) is 0.909. The van der Waals surface area contributed by atoms with Crippen molar-refractivity contribution in [3.63, 3.8) is 0 Å². The highest BCUT2D eigenvalue weighted by molar-refractivity contribution is 6.30. The molecule has 1 saturated heterocycles. The Labute approximate surface area is 97.4 Å². The third kappa shape index (κ3) is 3.65. The highest BCUT2D eigenvalue weighted by Gasteiger charge is 2.24. The molecule has 0 spiro atoms. The van der Waals surface area contributed by atoms with Crippen molar-refractivity contribution in [2.75, 3.05) is 32.7 Å². The zero-order chi connectivity index (χ0) is 11.3. The summed E-state index contributed by atoms with van der Waals surface area (Å²) in [5.74, 6) is 0.107. The molecule has 0 aliphatic carbocycles. The van der Waals surface area contributed by atoms with Gasteiger partial charge in [-0.3, -0.25) is 9.69 Å². The number of amides is 1. The fourth-order valence-electron chi connectivity index (χ4n) is 1.88. The monoisotopic (exact) mass is 232 g/mol. The molecule has 0 unspecified atom stereocenters. The molecule has 0 N–H and O–H groups in total. The summed E-state index contributed by atoms with van der Waals surface area (Å²) in [5, 5.41) is -0.331. The molecule has 1 aliphatic rings. The largest absolute Gasteiger partial charge is 0.339 e. The van der Waals surface area contributed by atoms with Crippen molar-refractivity contribution in [1.82, 2.24) is 9.80 Å². The second-order valence-electron chi connectivity index (χ2n) is 4.04. The van der Waals surface area contributed by atoms with Gasteiger partial charge in [0.1, 0.15) is 5.38 Å². The minimum atomic E-state index is -0.331. The van der Waals surface area contributed by atoms with Crippen LogP contribution in [0.25, 0.3) is 0 Å². The lowest BCUT2D eigenvalue weighted by Gasteiger charge is -2.35. The lowest BCUT2D eigenvalue weighted by Crippen LogP contribution is -2.50. The lowest BCUT2D eigenvalue weighted by molar-refractivity contribution is -0.132. The van der Waals surface area contributed by atoms with Gasteiger partial charge in [0.2, 0.25) is 5.91 Å². The SMILES string of the molecule is CCCN1CCN(C(=O)[C@@H](Cl)CC)CC1. The molecule has 1 fully saturated rings. The van der Waals surface area contributed by atoms with E-state index >= 15 is 0 Å². The Bertz CT molecular complexity index is 203. The maximum absolute atomic E-state index is 11.8. The van der Waals surface area contributed by atoms with Crippen LogP contribution in [-0.2, 0) is 4.79 Å². The van der Waals surface area contributed by atoms with Crippen LogP contribution in [0.2, 0.25) is 0 Å². The Morgan fingerprint density at radius 3 is 2.33 bits per heavy atom. The molecule has 0 aromatic heterocycles. The van der Waals surface area contributed by atoms with Crippen LogP contribution in [0.5, 0.6) is 0 Å². The number of alkyl halides is 1. The highest BCUT2D eigenvalue weighted by Crippen LogP contribution is 2.10. The average Bonchev–Trinajstić information content (AvgIpc) is 2.28. The molecule has 0 bridgehead atoms. The summed E-state index contributed by atoms with van der Waals surface area (Å²) in [5.41, 5.74) is 0. The van der Waals surface area contributed by atoms with Gasteiger partial charge in [0, 0.05) is 26.2 Å². The number of hydrogen-bond acceptors (Lipinski definition) is 2. The van der Waals surface area contributed by atoms with Gasteiger partial charge in [-0.1, -0.05) is 13.8 Å². The van der Waals surface area contributed by atoms with Crippen LogP contribution in [0.3, 0.4) is 0 Å². The van der Waals surface area contributed by atoms with Crippen LogP contribution in [0.15, 0.2) is 0 Å². The molecule has 0 radical (unpaired) electrons. The molecular weight excluding hydrogens is 212 g/mol. The quantitative estimate of drug-likeness (QED) is 0.687. The summed E-state index contributed by atoms with van der Waals surface area (Å²) in [6.45, 7) is 8.93. The van der Waals surface area contributed by atoms with Gasteiger partial charge in [-0.25, -0.2) is 0 Å². The fourth-order valence-corrected chi connectivity index (χ4v) is 2.02. The molecule has 4 heteroatoms. The Morgan fingerprint density at radius 2 is 1.87 bits per heavy atom. The number of halogens is 1. The third-order valence-electron chi connectivity index (χ3n) is 2.85. The van der Waals surface area contributed by atoms with Crippen LogP contribution < -0.4 is 0 Å². The molecule has 0 saturated carbocycles. The number of hydrogen-bond donors (Lipinski definition) is 0. The number of carbonyl (C=O) groups excluding carboxylic acids is 1. The van der Waals surface area contributed by atoms with Gasteiger partial charge in [0.05, 0.1) is 0 Å². The van der Waals surface area contributed by atoms with E-state index in [1.807, 2.05) is 11.8 Å². The number of rotatable bonds is 4. The Morgan fingerprint density at radius 1 is 1.27 bits per heavy atom. The summed E-state index contributed by atoms with van der Waals surface area (Å²) >= 11 is 5.94. The van der Waals surface area contributed by atoms with E-state index in [9.17, 15) is 4.79 Å². The smallest absolute Gasteiger partial charge is 0.240 e. The summed E-state index contributed by atoms with van der Waals surface area (Å²) in [4.78, 5) is 16.1. The topological polar surface area (TPSA) is 23.6 Å². The predicted molar refractivity (Wildman–Crippen MR) is 63.2 cm³/mol. The van der Waals surface area contributed by atoms with Crippen LogP contribution >= 0.6 is 11.6 Å². The van der Waals surface area contributed by atoms with Crippen LogP contribution in [0, 0.1) is 0 Å². The van der Waals surface area contributed by atoms with E-state index in [2.05, 4.69) is 11.8 Å². The summed E-state index contributed by atoms with van der Waals surface area (Å²) < 4.78 is 0. The minimum absolute atomic E-state index is 0.107. The van der Waals surface area contributed by atoms with E-state index in [1.54, 1.807) is 0 Å². The van der Waals surface area contributed by atoms with Crippen molar-refractivity contribution in [2.45, 2.75) is 32.1 Å². The van der Waals surface area contributed by atoms with Crippen LogP contribution in [0.1, 0.15) is 26.7 Å². The summed E-state index contributed by atoms with van der Waals surface area (Å²) in [6.07, 6.45) is 1.90. The summed E-state index contributed by atoms with van der Waals surface area (Å²) in [7, 11) is 0. The van der Waals surface area contributed by atoms with Gasteiger partial charge in [-0.15, -0.1) is 11.6 Å². The standard InChI is InChI=1S/C11H21ClN2O/c1-3-5-13-6-8-14(9-7-13)11(15)10(12)4-2/h10H,3-9H2,1-2H3/t10-/m0/s1.